The summed E-state index contributed by atoms with van der Waals surface area (Å²) in [5.41, 5.74) is 1.00. The number of rotatable bonds is 8. The van der Waals surface area contributed by atoms with Crippen molar-refractivity contribution in [3.8, 4) is 0 Å². The summed E-state index contributed by atoms with van der Waals surface area (Å²) in [6.07, 6.45) is 0.851. The smallest absolute Gasteiger partial charge is 0.319 e. The van der Waals surface area contributed by atoms with Crippen molar-refractivity contribution in [3.05, 3.63) is 29.8 Å². The van der Waals surface area contributed by atoms with Crippen LogP contribution in [0, 0.1) is 5.92 Å². The first-order valence-corrected chi connectivity index (χ1v) is 11.0. The quantitative estimate of drug-likeness (QED) is 0.608. The van der Waals surface area contributed by atoms with Crippen LogP contribution in [0.15, 0.2) is 24.3 Å². The number of hydrogen-bond donors (Lipinski definition) is 3. The largest absolute Gasteiger partial charge is 0.347 e. The van der Waals surface area contributed by atoms with E-state index in [1.165, 1.54) is 0 Å². The van der Waals surface area contributed by atoms with Crippen molar-refractivity contribution in [3.63, 3.8) is 0 Å². The maximum Gasteiger partial charge on any atom is 0.319 e. The number of carbonyl (C=O) groups is 2. The van der Waals surface area contributed by atoms with Crippen molar-refractivity contribution in [1.82, 2.24) is 20.4 Å². The Balaban J connectivity index is 1.86. The molecule has 1 aliphatic rings. The van der Waals surface area contributed by atoms with Gasteiger partial charge in [0.1, 0.15) is 0 Å². The summed E-state index contributed by atoms with van der Waals surface area (Å²) in [6.45, 7) is 15.2. The highest BCUT2D eigenvalue weighted by Gasteiger charge is 2.25. The summed E-state index contributed by atoms with van der Waals surface area (Å²) in [6, 6.07) is 7.08. The van der Waals surface area contributed by atoms with E-state index in [4.69, 9.17) is 0 Å². The normalized spacial score (nSPS) is 16.9. The fourth-order valence-corrected chi connectivity index (χ4v) is 3.49. The maximum absolute atomic E-state index is 12.4. The van der Waals surface area contributed by atoms with Crippen molar-refractivity contribution < 1.29 is 9.59 Å². The highest BCUT2D eigenvalue weighted by Crippen LogP contribution is 2.14. The number of benzene rings is 1. The third kappa shape index (κ3) is 7.29. The fraction of sp³-hybridized carbons (Fsp3) is 0.652. The first-order valence-electron chi connectivity index (χ1n) is 11.0. The molecule has 1 aromatic carbocycles. The lowest BCUT2D eigenvalue weighted by Crippen LogP contribution is -2.54. The molecule has 1 atom stereocenters. The van der Waals surface area contributed by atoms with Gasteiger partial charge in [-0.3, -0.25) is 9.69 Å². The number of nitrogens with one attached hydrogen (secondary N) is 3. The molecule has 0 aromatic heterocycles. The Hall–Kier alpha value is -2.12. The summed E-state index contributed by atoms with van der Waals surface area (Å²) in [5, 5.41) is 8.89. The molecule has 168 valence electrons. The van der Waals surface area contributed by atoms with E-state index < -0.39 is 0 Å². The minimum Gasteiger partial charge on any atom is -0.347 e. The van der Waals surface area contributed by atoms with Gasteiger partial charge < -0.3 is 20.9 Å². The van der Waals surface area contributed by atoms with E-state index in [1.54, 1.807) is 24.3 Å². The summed E-state index contributed by atoms with van der Waals surface area (Å²) >= 11 is 0. The van der Waals surface area contributed by atoms with Crippen molar-refractivity contribution in [2.75, 3.05) is 45.1 Å². The molecule has 30 heavy (non-hydrogen) atoms. The van der Waals surface area contributed by atoms with Crippen LogP contribution in [0.25, 0.3) is 0 Å². The van der Waals surface area contributed by atoms with Gasteiger partial charge in [0.25, 0.3) is 5.91 Å². The van der Waals surface area contributed by atoms with Crippen LogP contribution in [0.1, 0.15) is 51.4 Å². The fourth-order valence-electron chi connectivity index (χ4n) is 3.49. The first-order chi connectivity index (χ1) is 14.1. The van der Waals surface area contributed by atoms with Gasteiger partial charge in [0.2, 0.25) is 0 Å². The van der Waals surface area contributed by atoms with E-state index in [0.29, 0.717) is 29.8 Å². The number of hydrogen-bond acceptors (Lipinski definition) is 4. The molecule has 1 aromatic rings. The molecule has 7 heteroatoms. The predicted molar refractivity (Wildman–Crippen MR) is 123 cm³/mol. The number of amides is 3. The molecule has 1 fully saturated rings. The second-order valence-electron chi connectivity index (χ2n) is 9.25. The van der Waals surface area contributed by atoms with E-state index in [9.17, 15) is 9.59 Å². The molecule has 0 saturated carbocycles. The number of anilines is 1. The van der Waals surface area contributed by atoms with Crippen LogP contribution >= 0.6 is 0 Å². The zero-order chi connectivity index (χ0) is 22.3. The molecular weight excluding hydrogens is 378 g/mol. The van der Waals surface area contributed by atoms with Gasteiger partial charge in [-0.1, -0.05) is 20.8 Å². The van der Waals surface area contributed by atoms with Crippen molar-refractivity contribution >= 4 is 17.6 Å². The van der Waals surface area contributed by atoms with Crippen LogP contribution < -0.4 is 16.0 Å². The molecule has 0 aliphatic carbocycles. The van der Waals surface area contributed by atoms with Gasteiger partial charge in [-0.15, -0.1) is 0 Å². The van der Waals surface area contributed by atoms with Crippen LogP contribution in [-0.2, 0) is 0 Å². The Kier molecular flexibility index (Phi) is 8.67. The average molecular weight is 418 g/mol. The van der Waals surface area contributed by atoms with Gasteiger partial charge in [-0.25, -0.2) is 4.79 Å². The maximum atomic E-state index is 12.4. The number of nitrogens with zero attached hydrogens (tertiary/aromatic N) is 2. The zero-order valence-electron chi connectivity index (χ0n) is 19.4. The van der Waals surface area contributed by atoms with E-state index in [-0.39, 0.29) is 17.5 Å². The number of urea groups is 1. The van der Waals surface area contributed by atoms with Gasteiger partial charge in [0, 0.05) is 55.6 Å². The molecular formula is C23H39N5O2. The van der Waals surface area contributed by atoms with E-state index in [2.05, 4.69) is 46.6 Å². The minimum atomic E-state index is -0.245. The van der Waals surface area contributed by atoms with Crippen LogP contribution in [0.4, 0.5) is 10.5 Å². The molecule has 1 aliphatic heterocycles. The van der Waals surface area contributed by atoms with Crippen molar-refractivity contribution in [2.24, 2.45) is 5.92 Å². The Morgan fingerprint density at radius 3 is 2.20 bits per heavy atom. The SMILES string of the molecule is CCC(C)(C)NC(=O)c1ccc(NC(=O)NCC(C(C)C)N2CCN(C)CC2)cc1. The molecule has 1 unspecified atom stereocenters. The first kappa shape index (κ1) is 24.2. The van der Waals surface area contributed by atoms with Crippen LogP contribution in [0.3, 0.4) is 0 Å². The highest BCUT2D eigenvalue weighted by molar-refractivity contribution is 5.95. The van der Waals surface area contributed by atoms with Gasteiger partial charge in [-0.2, -0.15) is 0 Å². The van der Waals surface area contributed by atoms with Gasteiger partial charge in [0.05, 0.1) is 0 Å². The molecule has 0 spiro atoms. The summed E-state index contributed by atoms with van der Waals surface area (Å²) in [7, 11) is 2.15. The molecule has 7 nitrogen and oxygen atoms in total. The number of piperazine rings is 1. The second-order valence-corrected chi connectivity index (χ2v) is 9.25. The number of likely N-dealkylation sites (N-methyl/N-ethyl adjacent to an activating group) is 1. The average Bonchev–Trinajstić information content (AvgIpc) is 2.69. The van der Waals surface area contributed by atoms with E-state index in [1.807, 2.05) is 20.8 Å². The minimum absolute atomic E-state index is 0.107. The molecule has 3 N–H and O–H groups in total. The monoisotopic (exact) mass is 417 g/mol. The Bertz CT molecular complexity index is 694. The third-order valence-electron chi connectivity index (χ3n) is 5.99. The summed E-state index contributed by atoms with van der Waals surface area (Å²) < 4.78 is 0. The topological polar surface area (TPSA) is 76.7 Å². The standard InChI is InChI=1S/C23H39N5O2/c1-7-23(4,5)26-21(29)18-8-10-19(11-9-18)25-22(30)24-16-20(17(2)3)28-14-12-27(6)13-15-28/h8-11,17,20H,7,12-16H2,1-6H3,(H,26,29)(H2,24,25,30). The Labute approximate surface area is 181 Å². The Morgan fingerprint density at radius 1 is 1.07 bits per heavy atom. The molecule has 0 radical (unpaired) electrons. The van der Waals surface area contributed by atoms with E-state index >= 15 is 0 Å². The van der Waals surface area contributed by atoms with E-state index in [0.717, 1.165) is 32.6 Å². The highest BCUT2D eigenvalue weighted by atomic mass is 16.2. The Morgan fingerprint density at radius 2 is 1.67 bits per heavy atom. The molecule has 0 bridgehead atoms. The van der Waals surface area contributed by atoms with Gasteiger partial charge >= 0.3 is 6.03 Å². The second kappa shape index (κ2) is 10.8. The summed E-state index contributed by atoms with van der Waals surface area (Å²) in [4.78, 5) is 29.5. The lowest BCUT2D eigenvalue weighted by molar-refractivity contribution is 0.0890. The molecule has 1 heterocycles. The van der Waals surface area contributed by atoms with Crippen LogP contribution in [0.5, 0.6) is 0 Å². The number of carbonyl (C=O) groups excluding carboxylic acids is 2. The molecule has 1 saturated heterocycles. The van der Waals surface area contributed by atoms with Gasteiger partial charge in [0.15, 0.2) is 0 Å². The summed E-state index contributed by atoms with van der Waals surface area (Å²) in [5.74, 6) is 0.351. The van der Waals surface area contributed by atoms with Crippen molar-refractivity contribution in [2.45, 2.75) is 52.6 Å². The predicted octanol–water partition coefficient (Wildman–Crippen LogP) is 3.00. The molecule has 3 amide bonds. The van der Waals surface area contributed by atoms with Crippen LogP contribution in [-0.4, -0.2) is 73.1 Å². The van der Waals surface area contributed by atoms with Crippen molar-refractivity contribution in [1.29, 1.82) is 0 Å². The zero-order valence-corrected chi connectivity index (χ0v) is 19.4. The lowest BCUT2D eigenvalue weighted by atomic mass is 10.0. The van der Waals surface area contributed by atoms with Crippen LogP contribution in [0.2, 0.25) is 0 Å². The third-order valence-corrected chi connectivity index (χ3v) is 5.99. The lowest BCUT2D eigenvalue weighted by Gasteiger charge is -2.39. The molecule has 2 rings (SSSR count). The van der Waals surface area contributed by atoms with Gasteiger partial charge in [-0.05, 0) is 57.5 Å².